The molecule has 0 aromatic heterocycles. The summed E-state index contributed by atoms with van der Waals surface area (Å²) in [6.45, 7) is 18.6. The third-order valence-electron chi connectivity index (χ3n) is 11.7. The number of phenols is 2. The first-order valence-corrected chi connectivity index (χ1v) is 22.4. The van der Waals surface area contributed by atoms with Crippen LogP contribution in [-0.2, 0) is 32.3 Å². The van der Waals surface area contributed by atoms with Gasteiger partial charge < -0.3 is 10.4 Å². The number of benzene rings is 5. The zero-order chi connectivity index (χ0) is 41.1. The second-order valence-electron chi connectivity index (χ2n) is 17.5. The van der Waals surface area contributed by atoms with Gasteiger partial charge in [-0.05, 0) is 29.8 Å². The average molecular weight is 947 g/mol. The van der Waals surface area contributed by atoms with Crippen LogP contribution >= 0.6 is 0 Å². The summed E-state index contributed by atoms with van der Waals surface area (Å²) in [7, 11) is 1.91. The molecule has 1 saturated carbocycles. The zero-order valence-corrected chi connectivity index (χ0v) is 39.5. The zero-order valence-electron chi connectivity index (χ0n) is 35.6. The summed E-state index contributed by atoms with van der Waals surface area (Å²) in [5.41, 5.74) is 14.9. The number of nitrogens with one attached hydrogen (secondary N) is 1. The van der Waals surface area contributed by atoms with Gasteiger partial charge in [0, 0.05) is 28.5 Å². The van der Waals surface area contributed by atoms with Gasteiger partial charge >= 0.3 is 150 Å². The fourth-order valence-electron chi connectivity index (χ4n) is 7.65. The number of hydrogen-bond donors (Lipinski definition) is 4. The Morgan fingerprint density at radius 2 is 0.839 bits per heavy atom. The Hall–Kier alpha value is -3.46. The van der Waals surface area contributed by atoms with Crippen molar-refractivity contribution in [3.8, 4) is 11.5 Å². The van der Waals surface area contributed by atoms with Gasteiger partial charge in [-0.3, -0.25) is 0 Å². The topological polar surface area (TPSA) is 78.5 Å². The summed E-state index contributed by atoms with van der Waals surface area (Å²) in [5, 5.41) is 25.0. The molecule has 1 aliphatic carbocycles. The Kier molecular flexibility index (Phi) is 16.0. The monoisotopic (exact) mass is 947 g/mol. The summed E-state index contributed by atoms with van der Waals surface area (Å²) >= 11 is 1.05. The molecule has 3 radical (unpaired) electrons. The Bertz CT molecular complexity index is 1950. The second kappa shape index (κ2) is 19.8. The molecule has 5 heteroatoms. The van der Waals surface area contributed by atoms with Crippen molar-refractivity contribution in [1.82, 2.24) is 5.32 Å². The third kappa shape index (κ3) is 11.1. The molecule has 0 atom stereocenters. The summed E-state index contributed by atoms with van der Waals surface area (Å²) in [6.07, 6.45) is 9.00. The van der Waals surface area contributed by atoms with Crippen molar-refractivity contribution in [2.45, 2.75) is 126 Å². The molecular weight excluding hydrogens is 880 g/mol. The molecular formula is C51H67N2O2Pb. The Balaban J connectivity index is 0.000000220. The Morgan fingerprint density at radius 3 is 1.20 bits per heavy atom. The SMILES string of the molecule is C1CCCCC1.CNCc1cc(C(C)(C)c2ccccc2)cc(C(C)(C)c2ccccc2)c1O.C[C](C)([Pb])c1cc(CN)c(O)c(C(C)(C)c2ccccc2)c1. The molecule has 1 fully saturated rings. The van der Waals surface area contributed by atoms with Gasteiger partial charge in [0.2, 0.25) is 0 Å². The van der Waals surface area contributed by atoms with Crippen LogP contribution in [0.3, 0.4) is 0 Å². The minimum atomic E-state index is -0.309. The van der Waals surface area contributed by atoms with Gasteiger partial charge in [-0.1, -0.05) is 133 Å². The van der Waals surface area contributed by atoms with E-state index in [9.17, 15) is 10.2 Å². The normalized spacial score (nSPS) is 13.6. The van der Waals surface area contributed by atoms with Crippen molar-refractivity contribution in [1.29, 1.82) is 0 Å². The summed E-state index contributed by atoms with van der Waals surface area (Å²) in [6, 6.07) is 39.8. The van der Waals surface area contributed by atoms with Gasteiger partial charge in [0.15, 0.2) is 0 Å². The van der Waals surface area contributed by atoms with Gasteiger partial charge in [0.25, 0.3) is 0 Å². The van der Waals surface area contributed by atoms with Gasteiger partial charge in [0.1, 0.15) is 5.75 Å². The second-order valence-corrected chi connectivity index (χ2v) is 22.4. The quantitative estimate of drug-likeness (QED) is 0.105. The Labute approximate surface area is 355 Å². The van der Waals surface area contributed by atoms with Crippen molar-refractivity contribution in [2.75, 3.05) is 7.05 Å². The van der Waals surface area contributed by atoms with Crippen LogP contribution in [0.25, 0.3) is 0 Å². The van der Waals surface area contributed by atoms with E-state index in [1.54, 1.807) is 0 Å². The van der Waals surface area contributed by atoms with E-state index in [2.05, 4.69) is 146 Å². The summed E-state index contributed by atoms with van der Waals surface area (Å²) in [5.74, 6) is 0.724. The van der Waals surface area contributed by atoms with Crippen molar-refractivity contribution in [3.05, 3.63) is 165 Å². The standard InChI is InChI=1S/C26H31NO.C19H24NO.C6H12.Pb/c1-25(2,20-12-8-6-9-13-20)22-16-19(18-27-5)24(28)23(17-22)26(3,4)21-14-10-7-11-15-21;1-13(2)14-10-15(12-20)18(21)17(11-14)19(3,4)16-8-6-5-7-9-16;1-2-4-6-5-3-1;/h6-17,27-28H,18H2,1-5H3;5-11,21H,12,20H2,1-4H3;1-6H2;. The summed E-state index contributed by atoms with van der Waals surface area (Å²) in [4.78, 5) is 0. The average Bonchev–Trinajstić information content (AvgIpc) is 3.20. The Morgan fingerprint density at radius 1 is 0.500 bits per heavy atom. The minimum absolute atomic E-state index is 0.152. The molecule has 4 nitrogen and oxygen atoms in total. The first kappa shape index (κ1) is 45.2. The molecule has 5 N–H and O–H groups in total. The predicted octanol–water partition coefficient (Wildman–Crippen LogP) is 11.7. The molecule has 0 amide bonds. The first-order chi connectivity index (χ1) is 26.5. The van der Waals surface area contributed by atoms with Crippen molar-refractivity contribution >= 4 is 25.8 Å². The van der Waals surface area contributed by atoms with Crippen LogP contribution in [0.5, 0.6) is 11.5 Å². The fraction of sp³-hybridized carbons (Fsp3) is 0.412. The number of hydrogen-bond acceptors (Lipinski definition) is 4. The van der Waals surface area contributed by atoms with Crippen LogP contribution in [-0.4, -0.2) is 43.0 Å². The van der Waals surface area contributed by atoms with E-state index in [1.165, 1.54) is 66.3 Å². The molecule has 1 aliphatic rings. The summed E-state index contributed by atoms with van der Waals surface area (Å²) < 4.78 is 0.152. The number of phenolic OH excluding ortho intramolecular Hbond substituents is 2. The van der Waals surface area contributed by atoms with E-state index < -0.39 is 0 Å². The first-order valence-electron chi connectivity index (χ1n) is 20.5. The van der Waals surface area contributed by atoms with Gasteiger partial charge in [-0.2, -0.15) is 0 Å². The van der Waals surface area contributed by atoms with Crippen molar-refractivity contribution < 1.29 is 10.2 Å². The van der Waals surface area contributed by atoms with Crippen LogP contribution in [0.15, 0.2) is 115 Å². The van der Waals surface area contributed by atoms with Gasteiger partial charge in [-0.25, -0.2) is 0 Å². The fourth-order valence-corrected chi connectivity index (χ4v) is 8.21. The van der Waals surface area contributed by atoms with E-state index in [-0.39, 0.29) is 19.2 Å². The molecule has 5 aromatic carbocycles. The molecule has 6 rings (SSSR count). The maximum absolute atomic E-state index is 11.1. The van der Waals surface area contributed by atoms with Crippen molar-refractivity contribution in [3.63, 3.8) is 0 Å². The molecule has 5 aromatic rings. The molecule has 0 heterocycles. The number of aromatic hydroxyl groups is 2. The van der Waals surface area contributed by atoms with Crippen LogP contribution in [0.4, 0.5) is 0 Å². The number of nitrogens with two attached hydrogens (primary N) is 1. The van der Waals surface area contributed by atoms with Gasteiger partial charge in [-0.15, -0.1) is 0 Å². The van der Waals surface area contributed by atoms with E-state index in [0.29, 0.717) is 24.6 Å². The third-order valence-corrected chi connectivity index (χ3v) is 12.9. The van der Waals surface area contributed by atoms with Crippen molar-refractivity contribution in [2.24, 2.45) is 5.73 Å². The maximum atomic E-state index is 11.1. The van der Waals surface area contributed by atoms with E-state index >= 15 is 0 Å². The molecule has 0 unspecified atom stereocenters. The molecule has 0 bridgehead atoms. The van der Waals surface area contributed by atoms with Crippen LogP contribution < -0.4 is 11.1 Å². The van der Waals surface area contributed by atoms with E-state index in [0.717, 1.165) is 48.0 Å². The van der Waals surface area contributed by atoms with Crippen LogP contribution in [0, 0.1) is 0 Å². The predicted molar refractivity (Wildman–Crippen MR) is 239 cm³/mol. The van der Waals surface area contributed by atoms with Crippen LogP contribution in [0.1, 0.15) is 144 Å². The van der Waals surface area contributed by atoms with E-state index in [1.807, 2.05) is 37.4 Å². The van der Waals surface area contributed by atoms with Crippen LogP contribution in [0.2, 0.25) is 0 Å². The molecule has 56 heavy (non-hydrogen) atoms. The molecule has 0 saturated heterocycles. The molecule has 0 aliphatic heterocycles. The number of rotatable bonds is 10. The molecule has 0 spiro atoms. The van der Waals surface area contributed by atoms with E-state index in [4.69, 9.17) is 5.73 Å². The molecule has 297 valence electrons. The van der Waals surface area contributed by atoms with Gasteiger partial charge in [0.05, 0.1) is 0 Å².